The van der Waals surface area contributed by atoms with E-state index in [1.165, 1.54) is 0 Å². The summed E-state index contributed by atoms with van der Waals surface area (Å²) in [7, 11) is 0. The SMILES string of the molecule is Fc1cc(C(F)(F)F)ccc1-c1[nH]c(-c2ccc(Cl)cc2)nc1-c1ccncc1. The number of pyridine rings is 1. The molecule has 0 aliphatic rings. The number of nitrogens with one attached hydrogen (secondary N) is 1. The van der Waals surface area contributed by atoms with E-state index in [0.29, 0.717) is 33.7 Å². The molecule has 0 radical (unpaired) electrons. The van der Waals surface area contributed by atoms with E-state index in [9.17, 15) is 17.6 Å². The summed E-state index contributed by atoms with van der Waals surface area (Å²) in [4.78, 5) is 11.5. The van der Waals surface area contributed by atoms with Gasteiger partial charge in [-0.2, -0.15) is 13.2 Å². The molecule has 0 atom stereocenters. The molecule has 2 heterocycles. The Morgan fingerprint density at radius 1 is 0.862 bits per heavy atom. The molecule has 4 rings (SSSR count). The van der Waals surface area contributed by atoms with Gasteiger partial charge in [-0.15, -0.1) is 0 Å². The van der Waals surface area contributed by atoms with E-state index in [-0.39, 0.29) is 11.3 Å². The van der Waals surface area contributed by atoms with Gasteiger partial charge in [-0.3, -0.25) is 4.98 Å². The minimum Gasteiger partial charge on any atom is -0.337 e. The summed E-state index contributed by atoms with van der Waals surface area (Å²) in [5, 5.41) is 0.545. The number of H-pyrrole nitrogens is 1. The molecule has 1 N–H and O–H groups in total. The fourth-order valence-corrected chi connectivity index (χ4v) is 3.05. The molecule has 0 spiro atoms. The van der Waals surface area contributed by atoms with Gasteiger partial charge in [0, 0.05) is 34.1 Å². The lowest BCUT2D eigenvalue weighted by Crippen LogP contribution is -2.05. The van der Waals surface area contributed by atoms with Crippen LogP contribution in [0.15, 0.2) is 67.0 Å². The Kier molecular flexibility index (Phi) is 4.84. The summed E-state index contributed by atoms with van der Waals surface area (Å²) >= 11 is 5.92. The highest BCUT2D eigenvalue weighted by atomic mass is 35.5. The van der Waals surface area contributed by atoms with Crippen molar-refractivity contribution in [2.45, 2.75) is 6.18 Å². The molecule has 2 aromatic carbocycles. The Morgan fingerprint density at radius 2 is 1.55 bits per heavy atom. The Balaban J connectivity index is 1.89. The summed E-state index contributed by atoms with van der Waals surface area (Å²) in [5.41, 5.74) is 0.941. The van der Waals surface area contributed by atoms with Crippen LogP contribution in [0.25, 0.3) is 33.9 Å². The molecule has 0 saturated carbocycles. The number of nitrogens with zero attached hydrogens (tertiary/aromatic N) is 2. The minimum atomic E-state index is -4.63. The number of aromatic nitrogens is 3. The molecule has 2 aromatic heterocycles. The zero-order valence-electron chi connectivity index (χ0n) is 14.6. The third kappa shape index (κ3) is 3.86. The third-order valence-corrected chi connectivity index (χ3v) is 4.59. The van der Waals surface area contributed by atoms with Crippen LogP contribution in [0.5, 0.6) is 0 Å². The number of hydrogen-bond donors (Lipinski definition) is 1. The van der Waals surface area contributed by atoms with Gasteiger partial charge in [-0.25, -0.2) is 9.37 Å². The smallest absolute Gasteiger partial charge is 0.337 e. The number of aromatic amines is 1. The minimum absolute atomic E-state index is 0.0162. The standard InChI is InChI=1S/C21H12ClF4N3/c22-15-4-1-13(2-5-15)20-28-18(12-7-9-27-10-8-12)19(29-20)16-6-3-14(11-17(16)23)21(24,25)26/h1-11H,(H,28,29). The second-order valence-electron chi connectivity index (χ2n) is 6.24. The normalized spacial score (nSPS) is 11.6. The molecule has 8 heteroatoms. The molecule has 0 saturated heterocycles. The van der Waals surface area contributed by atoms with E-state index in [1.807, 2.05) is 0 Å². The Labute approximate surface area is 168 Å². The average Bonchev–Trinajstić information content (AvgIpc) is 3.13. The Morgan fingerprint density at radius 3 is 2.17 bits per heavy atom. The molecule has 0 unspecified atom stereocenters. The lowest BCUT2D eigenvalue weighted by atomic mass is 10.0. The zero-order chi connectivity index (χ0) is 20.6. The highest BCUT2D eigenvalue weighted by Gasteiger charge is 2.31. The van der Waals surface area contributed by atoms with Crippen LogP contribution in [0.1, 0.15) is 5.56 Å². The van der Waals surface area contributed by atoms with Gasteiger partial charge in [-0.1, -0.05) is 11.6 Å². The monoisotopic (exact) mass is 417 g/mol. The maximum atomic E-state index is 14.6. The van der Waals surface area contributed by atoms with Crippen molar-refractivity contribution in [2.24, 2.45) is 0 Å². The molecule has 0 bridgehead atoms. The largest absolute Gasteiger partial charge is 0.416 e. The van der Waals surface area contributed by atoms with Crippen LogP contribution in [-0.4, -0.2) is 15.0 Å². The number of imidazole rings is 1. The second-order valence-corrected chi connectivity index (χ2v) is 6.68. The van der Waals surface area contributed by atoms with Crippen molar-refractivity contribution in [3.8, 4) is 33.9 Å². The Hall–Kier alpha value is -3.19. The van der Waals surface area contributed by atoms with E-state index in [0.717, 1.165) is 12.1 Å². The summed E-state index contributed by atoms with van der Waals surface area (Å²) in [6.45, 7) is 0. The van der Waals surface area contributed by atoms with E-state index in [4.69, 9.17) is 11.6 Å². The molecular formula is C21H12ClF4N3. The second kappa shape index (κ2) is 7.33. The van der Waals surface area contributed by atoms with Gasteiger partial charge in [-0.05, 0) is 54.6 Å². The molecule has 3 nitrogen and oxygen atoms in total. The quantitative estimate of drug-likeness (QED) is 0.381. The van der Waals surface area contributed by atoms with E-state index in [1.54, 1.807) is 48.8 Å². The van der Waals surface area contributed by atoms with Crippen LogP contribution >= 0.6 is 11.6 Å². The number of rotatable bonds is 3. The highest BCUT2D eigenvalue weighted by Crippen LogP contribution is 2.37. The molecular weight excluding hydrogens is 406 g/mol. The number of halogens is 5. The van der Waals surface area contributed by atoms with Crippen LogP contribution < -0.4 is 0 Å². The summed E-state index contributed by atoms with van der Waals surface area (Å²) < 4.78 is 53.3. The predicted octanol–water partition coefficient (Wildman–Crippen LogP) is 6.62. The van der Waals surface area contributed by atoms with Gasteiger partial charge in [0.1, 0.15) is 11.6 Å². The van der Waals surface area contributed by atoms with Crippen LogP contribution in [0.3, 0.4) is 0 Å². The first-order valence-electron chi connectivity index (χ1n) is 8.46. The molecule has 0 amide bonds. The van der Waals surface area contributed by atoms with Crippen molar-refractivity contribution >= 4 is 11.6 Å². The lowest BCUT2D eigenvalue weighted by Gasteiger charge is -2.09. The fraction of sp³-hybridized carbons (Fsp3) is 0.0476. The number of hydrogen-bond acceptors (Lipinski definition) is 2. The van der Waals surface area contributed by atoms with Crippen molar-refractivity contribution < 1.29 is 17.6 Å². The van der Waals surface area contributed by atoms with Crippen molar-refractivity contribution in [3.63, 3.8) is 0 Å². The van der Waals surface area contributed by atoms with E-state index < -0.39 is 17.6 Å². The van der Waals surface area contributed by atoms with Gasteiger partial charge >= 0.3 is 6.18 Å². The first-order chi connectivity index (χ1) is 13.8. The topological polar surface area (TPSA) is 41.6 Å². The summed E-state index contributed by atoms with van der Waals surface area (Å²) in [5.74, 6) is -0.566. The van der Waals surface area contributed by atoms with Crippen molar-refractivity contribution in [3.05, 3.63) is 83.4 Å². The molecule has 29 heavy (non-hydrogen) atoms. The predicted molar refractivity (Wildman–Crippen MR) is 103 cm³/mol. The van der Waals surface area contributed by atoms with Crippen molar-refractivity contribution in [1.29, 1.82) is 0 Å². The maximum absolute atomic E-state index is 14.6. The van der Waals surface area contributed by atoms with Crippen LogP contribution in [0, 0.1) is 5.82 Å². The third-order valence-electron chi connectivity index (χ3n) is 4.34. The first-order valence-corrected chi connectivity index (χ1v) is 8.84. The van der Waals surface area contributed by atoms with Gasteiger partial charge < -0.3 is 4.98 Å². The average molecular weight is 418 g/mol. The number of alkyl halides is 3. The summed E-state index contributed by atoms with van der Waals surface area (Å²) in [6.07, 6.45) is -1.52. The number of benzene rings is 2. The van der Waals surface area contributed by atoms with Crippen LogP contribution in [0.2, 0.25) is 5.02 Å². The van der Waals surface area contributed by atoms with Gasteiger partial charge in [0.05, 0.1) is 17.0 Å². The van der Waals surface area contributed by atoms with E-state index in [2.05, 4.69) is 15.0 Å². The maximum Gasteiger partial charge on any atom is 0.416 e. The summed E-state index contributed by atoms with van der Waals surface area (Å²) in [6, 6.07) is 12.6. The van der Waals surface area contributed by atoms with Crippen molar-refractivity contribution in [1.82, 2.24) is 15.0 Å². The molecule has 4 aromatic rings. The molecule has 146 valence electrons. The van der Waals surface area contributed by atoms with Gasteiger partial charge in [0.2, 0.25) is 0 Å². The van der Waals surface area contributed by atoms with Crippen LogP contribution in [0.4, 0.5) is 17.6 Å². The van der Waals surface area contributed by atoms with Gasteiger partial charge in [0.15, 0.2) is 0 Å². The molecule has 0 aliphatic heterocycles. The zero-order valence-corrected chi connectivity index (χ0v) is 15.4. The molecule has 0 fully saturated rings. The van der Waals surface area contributed by atoms with Gasteiger partial charge in [0.25, 0.3) is 0 Å². The first kappa shape index (κ1) is 19.1. The Bertz CT molecular complexity index is 1150. The van der Waals surface area contributed by atoms with E-state index >= 15 is 0 Å². The highest BCUT2D eigenvalue weighted by molar-refractivity contribution is 6.30. The lowest BCUT2D eigenvalue weighted by molar-refractivity contribution is -0.137. The van der Waals surface area contributed by atoms with Crippen molar-refractivity contribution in [2.75, 3.05) is 0 Å². The fourth-order valence-electron chi connectivity index (χ4n) is 2.93. The van der Waals surface area contributed by atoms with Crippen LogP contribution in [-0.2, 0) is 6.18 Å². The molecule has 0 aliphatic carbocycles.